The van der Waals surface area contributed by atoms with E-state index < -0.39 is 17.5 Å². The van der Waals surface area contributed by atoms with E-state index in [1.165, 1.54) is 12.8 Å². The Morgan fingerprint density at radius 1 is 1.40 bits per heavy atom. The number of nitrogens with one attached hydrogen (secondary N) is 2. The predicted molar refractivity (Wildman–Crippen MR) is 73.5 cm³/mol. The van der Waals surface area contributed by atoms with Crippen molar-refractivity contribution in [2.75, 3.05) is 19.8 Å². The first-order chi connectivity index (χ1) is 9.52. The number of hydrogen-bond acceptors (Lipinski definition) is 3. The van der Waals surface area contributed by atoms with E-state index in [4.69, 9.17) is 4.74 Å². The van der Waals surface area contributed by atoms with E-state index in [2.05, 4.69) is 17.6 Å². The summed E-state index contributed by atoms with van der Waals surface area (Å²) in [6.07, 6.45) is 5.06. The molecule has 6 heteroatoms. The predicted octanol–water partition coefficient (Wildman–Crippen LogP) is 1.36. The van der Waals surface area contributed by atoms with Gasteiger partial charge in [0.15, 0.2) is 5.54 Å². The Hall–Kier alpha value is -1.30. The minimum Gasteiger partial charge on any atom is -0.479 e. The third kappa shape index (κ3) is 3.62. The van der Waals surface area contributed by atoms with Gasteiger partial charge in [-0.1, -0.05) is 19.8 Å². The second-order valence-electron chi connectivity index (χ2n) is 6.16. The summed E-state index contributed by atoms with van der Waals surface area (Å²) in [5.74, 6) is 0.189. The fraction of sp³-hybridized carbons (Fsp3) is 0.857. The van der Waals surface area contributed by atoms with E-state index in [0.717, 1.165) is 12.8 Å². The SMILES string of the molecule is CC1CCCC(CNC(=O)NC2(C(=O)O)CCOC2)C1. The van der Waals surface area contributed by atoms with Crippen molar-refractivity contribution in [2.45, 2.75) is 44.6 Å². The van der Waals surface area contributed by atoms with Gasteiger partial charge in [-0.25, -0.2) is 9.59 Å². The molecule has 3 atom stereocenters. The summed E-state index contributed by atoms with van der Waals surface area (Å²) < 4.78 is 5.11. The van der Waals surface area contributed by atoms with Crippen LogP contribution in [0.2, 0.25) is 0 Å². The van der Waals surface area contributed by atoms with Crippen molar-refractivity contribution < 1.29 is 19.4 Å². The summed E-state index contributed by atoms with van der Waals surface area (Å²) in [4.78, 5) is 23.2. The van der Waals surface area contributed by atoms with Crippen molar-refractivity contribution in [3.05, 3.63) is 0 Å². The zero-order valence-electron chi connectivity index (χ0n) is 12.0. The lowest BCUT2D eigenvalue weighted by atomic mass is 9.82. The van der Waals surface area contributed by atoms with E-state index >= 15 is 0 Å². The fourth-order valence-electron chi connectivity index (χ4n) is 3.13. The smallest absolute Gasteiger partial charge is 0.332 e. The van der Waals surface area contributed by atoms with Crippen molar-refractivity contribution in [3.63, 3.8) is 0 Å². The summed E-state index contributed by atoms with van der Waals surface area (Å²) in [7, 11) is 0. The molecule has 6 nitrogen and oxygen atoms in total. The molecular weight excluding hydrogens is 260 g/mol. The molecule has 1 saturated carbocycles. The number of carboxylic acids is 1. The lowest BCUT2D eigenvalue weighted by Gasteiger charge is -2.28. The molecule has 0 radical (unpaired) electrons. The monoisotopic (exact) mass is 284 g/mol. The number of rotatable bonds is 4. The highest BCUT2D eigenvalue weighted by molar-refractivity contribution is 5.86. The Labute approximate surface area is 119 Å². The van der Waals surface area contributed by atoms with Gasteiger partial charge in [0.1, 0.15) is 0 Å². The van der Waals surface area contributed by atoms with Crippen molar-refractivity contribution >= 4 is 12.0 Å². The molecule has 1 aliphatic carbocycles. The number of aliphatic carboxylic acids is 1. The van der Waals surface area contributed by atoms with Crippen LogP contribution in [0, 0.1) is 11.8 Å². The standard InChI is InChI=1S/C14H24N2O4/c1-10-3-2-4-11(7-10)8-15-13(19)16-14(12(17)18)5-6-20-9-14/h10-11H,2-9H2,1H3,(H,17,18)(H2,15,16,19). The number of hydrogen-bond donors (Lipinski definition) is 3. The molecule has 3 N–H and O–H groups in total. The first kappa shape index (κ1) is 15.1. The third-order valence-electron chi connectivity index (χ3n) is 4.38. The molecule has 2 rings (SSSR count). The third-order valence-corrected chi connectivity index (χ3v) is 4.38. The van der Waals surface area contributed by atoms with Crippen LogP contribution in [-0.2, 0) is 9.53 Å². The van der Waals surface area contributed by atoms with E-state index in [0.29, 0.717) is 31.4 Å². The Morgan fingerprint density at radius 3 is 2.80 bits per heavy atom. The maximum absolute atomic E-state index is 11.9. The molecule has 2 amide bonds. The number of carboxylic acid groups (broad SMARTS) is 1. The molecule has 0 aromatic rings. The Kier molecular flexibility index (Phi) is 4.86. The molecule has 1 heterocycles. The molecule has 1 saturated heterocycles. The summed E-state index contributed by atoms with van der Waals surface area (Å²) in [6.45, 7) is 3.26. The maximum Gasteiger partial charge on any atom is 0.332 e. The summed E-state index contributed by atoms with van der Waals surface area (Å²) in [5.41, 5.74) is -1.26. The van der Waals surface area contributed by atoms with Crippen LogP contribution in [0.3, 0.4) is 0 Å². The quantitative estimate of drug-likeness (QED) is 0.727. The zero-order valence-corrected chi connectivity index (χ0v) is 12.0. The first-order valence-corrected chi connectivity index (χ1v) is 7.39. The number of ether oxygens (including phenoxy) is 1. The average Bonchev–Trinajstić information content (AvgIpc) is 2.86. The van der Waals surface area contributed by atoms with Gasteiger partial charge in [0.05, 0.1) is 6.61 Å². The Morgan fingerprint density at radius 2 is 2.20 bits per heavy atom. The van der Waals surface area contributed by atoms with Crippen LogP contribution in [-0.4, -0.2) is 42.4 Å². The minimum atomic E-state index is -1.26. The lowest BCUT2D eigenvalue weighted by Crippen LogP contribution is -2.58. The first-order valence-electron chi connectivity index (χ1n) is 7.39. The second-order valence-corrected chi connectivity index (χ2v) is 6.16. The Balaban J connectivity index is 1.78. The lowest BCUT2D eigenvalue weighted by molar-refractivity contribution is -0.144. The van der Waals surface area contributed by atoms with Crippen LogP contribution in [0.4, 0.5) is 4.79 Å². The normalized spacial score (nSPS) is 33.6. The molecule has 114 valence electrons. The summed E-state index contributed by atoms with van der Waals surface area (Å²) in [5, 5.41) is 14.6. The largest absolute Gasteiger partial charge is 0.479 e. The number of carbonyl (C=O) groups excluding carboxylic acids is 1. The highest BCUT2D eigenvalue weighted by Gasteiger charge is 2.44. The molecule has 0 bridgehead atoms. The number of amides is 2. The minimum absolute atomic E-state index is 0.0379. The van der Waals surface area contributed by atoms with Crippen LogP contribution in [0.1, 0.15) is 39.0 Å². The molecule has 0 spiro atoms. The van der Waals surface area contributed by atoms with Crippen LogP contribution in [0.5, 0.6) is 0 Å². The molecule has 3 unspecified atom stereocenters. The van der Waals surface area contributed by atoms with Crippen LogP contribution >= 0.6 is 0 Å². The van der Waals surface area contributed by atoms with E-state index in [9.17, 15) is 14.7 Å². The topological polar surface area (TPSA) is 87.7 Å². The van der Waals surface area contributed by atoms with E-state index in [1.54, 1.807) is 0 Å². The highest BCUT2D eigenvalue weighted by atomic mass is 16.5. The number of carbonyl (C=O) groups is 2. The van der Waals surface area contributed by atoms with Crippen molar-refractivity contribution in [1.29, 1.82) is 0 Å². The van der Waals surface area contributed by atoms with Crippen molar-refractivity contribution in [2.24, 2.45) is 11.8 Å². The fourth-order valence-corrected chi connectivity index (χ4v) is 3.13. The maximum atomic E-state index is 11.9. The van der Waals surface area contributed by atoms with Crippen LogP contribution < -0.4 is 10.6 Å². The van der Waals surface area contributed by atoms with Gasteiger partial charge in [-0.2, -0.15) is 0 Å². The molecule has 20 heavy (non-hydrogen) atoms. The Bertz CT molecular complexity index is 366. The second kappa shape index (κ2) is 6.43. The van der Waals surface area contributed by atoms with Crippen molar-refractivity contribution in [1.82, 2.24) is 10.6 Å². The van der Waals surface area contributed by atoms with E-state index in [1.807, 2.05) is 0 Å². The summed E-state index contributed by atoms with van der Waals surface area (Å²) >= 11 is 0. The van der Waals surface area contributed by atoms with Gasteiger partial charge in [-0.05, 0) is 24.7 Å². The van der Waals surface area contributed by atoms with Gasteiger partial charge in [0.2, 0.25) is 0 Å². The van der Waals surface area contributed by atoms with Gasteiger partial charge in [0, 0.05) is 19.6 Å². The van der Waals surface area contributed by atoms with Crippen LogP contribution in [0.25, 0.3) is 0 Å². The van der Waals surface area contributed by atoms with Gasteiger partial charge in [0.25, 0.3) is 0 Å². The summed E-state index contributed by atoms with van der Waals surface area (Å²) in [6, 6.07) is -0.406. The van der Waals surface area contributed by atoms with Gasteiger partial charge in [-0.3, -0.25) is 0 Å². The van der Waals surface area contributed by atoms with Crippen LogP contribution in [0.15, 0.2) is 0 Å². The molecule has 0 aromatic heterocycles. The van der Waals surface area contributed by atoms with Gasteiger partial charge >= 0.3 is 12.0 Å². The number of urea groups is 1. The van der Waals surface area contributed by atoms with Gasteiger partial charge < -0.3 is 20.5 Å². The molecular formula is C14H24N2O4. The average molecular weight is 284 g/mol. The zero-order chi connectivity index (χ0) is 14.6. The van der Waals surface area contributed by atoms with Gasteiger partial charge in [-0.15, -0.1) is 0 Å². The van der Waals surface area contributed by atoms with E-state index in [-0.39, 0.29) is 6.61 Å². The van der Waals surface area contributed by atoms with Crippen molar-refractivity contribution in [3.8, 4) is 0 Å². The molecule has 2 aliphatic rings. The molecule has 1 aliphatic heterocycles. The highest BCUT2D eigenvalue weighted by Crippen LogP contribution is 2.28. The molecule has 2 fully saturated rings. The molecule has 0 aromatic carbocycles.